The Bertz CT molecular complexity index is 1060. The maximum absolute atomic E-state index is 12.7. The summed E-state index contributed by atoms with van der Waals surface area (Å²) in [6.45, 7) is 6.29. The maximum Gasteiger partial charge on any atom is 0.262 e. The van der Waals surface area contributed by atoms with Crippen LogP contribution in [0.25, 0.3) is 16.7 Å². The zero-order valence-corrected chi connectivity index (χ0v) is 16.4. The first-order valence-corrected chi connectivity index (χ1v) is 10.4. The molecule has 1 saturated heterocycles. The molecule has 1 aromatic carbocycles. The van der Waals surface area contributed by atoms with Crippen molar-refractivity contribution >= 4 is 34.3 Å². The van der Waals surface area contributed by atoms with Gasteiger partial charge < -0.3 is 4.90 Å². The number of carbonyl (C=O) groups is 1. The number of carbonyl (C=O) groups excluding carboxylic acids is 1. The van der Waals surface area contributed by atoms with E-state index in [4.69, 9.17) is 0 Å². The Balaban J connectivity index is 1.68. The number of fused-ring (bicyclic) bond motifs is 3. The lowest BCUT2D eigenvalue weighted by Gasteiger charge is -2.30. The number of hydrogen-bond donors (Lipinski definition) is 0. The van der Waals surface area contributed by atoms with Crippen molar-refractivity contribution in [2.75, 3.05) is 18.8 Å². The molecule has 4 rings (SSSR count). The van der Waals surface area contributed by atoms with Gasteiger partial charge in [-0.25, -0.2) is 0 Å². The molecule has 8 heteroatoms. The quantitative estimate of drug-likeness (QED) is 0.645. The normalized spacial score (nSPS) is 17.7. The average Bonchev–Trinajstić information content (AvgIpc) is 3.10. The first-order chi connectivity index (χ1) is 13.1. The molecule has 0 spiro atoms. The van der Waals surface area contributed by atoms with Crippen LogP contribution in [0.3, 0.4) is 0 Å². The summed E-state index contributed by atoms with van der Waals surface area (Å²) >= 11 is 1.38. The minimum Gasteiger partial charge on any atom is -0.342 e. The second-order valence-corrected chi connectivity index (χ2v) is 8.00. The van der Waals surface area contributed by atoms with E-state index in [1.807, 2.05) is 40.5 Å². The third-order valence-corrected chi connectivity index (χ3v) is 6.04. The van der Waals surface area contributed by atoms with Gasteiger partial charge in [0.15, 0.2) is 5.16 Å². The molecule has 1 aliphatic rings. The summed E-state index contributed by atoms with van der Waals surface area (Å²) in [6.07, 6.45) is 2.26. The minimum absolute atomic E-state index is 0.0667. The molecule has 2 aromatic heterocycles. The van der Waals surface area contributed by atoms with Gasteiger partial charge in [-0.2, -0.15) is 0 Å². The Morgan fingerprint density at radius 3 is 2.89 bits per heavy atom. The van der Waals surface area contributed by atoms with E-state index in [1.54, 1.807) is 4.57 Å². The number of aromatic nitrogens is 4. The van der Waals surface area contributed by atoms with Crippen LogP contribution in [-0.2, 0) is 11.3 Å². The third-order valence-electron chi connectivity index (χ3n) is 5.13. The predicted octanol–water partition coefficient (Wildman–Crippen LogP) is 2.41. The Hall–Kier alpha value is -2.35. The van der Waals surface area contributed by atoms with Crippen LogP contribution < -0.4 is 5.56 Å². The summed E-state index contributed by atoms with van der Waals surface area (Å²) in [5, 5.41) is 9.78. The van der Waals surface area contributed by atoms with Gasteiger partial charge in [0.2, 0.25) is 11.7 Å². The van der Waals surface area contributed by atoms with Crippen LogP contribution in [-0.4, -0.2) is 48.8 Å². The lowest BCUT2D eigenvalue weighted by Crippen LogP contribution is -2.40. The van der Waals surface area contributed by atoms with E-state index in [0.29, 0.717) is 34.5 Å². The Morgan fingerprint density at radius 1 is 1.30 bits per heavy atom. The zero-order chi connectivity index (χ0) is 19.0. The molecule has 0 saturated carbocycles. The number of benzene rings is 1. The Kier molecular flexibility index (Phi) is 4.90. The molecule has 1 fully saturated rings. The average molecular weight is 385 g/mol. The van der Waals surface area contributed by atoms with Crippen LogP contribution in [0.2, 0.25) is 0 Å². The number of piperidine rings is 1. The molecule has 0 bridgehead atoms. The molecule has 7 nitrogen and oxygen atoms in total. The number of hydrogen-bond acceptors (Lipinski definition) is 5. The van der Waals surface area contributed by atoms with E-state index in [1.165, 1.54) is 18.2 Å². The van der Waals surface area contributed by atoms with Crippen molar-refractivity contribution in [1.29, 1.82) is 0 Å². The fourth-order valence-corrected chi connectivity index (χ4v) is 4.59. The van der Waals surface area contributed by atoms with E-state index >= 15 is 0 Å². The van der Waals surface area contributed by atoms with Crippen LogP contribution in [0, 0.1) is 5.92 Å². The standard InChI is InChI=1S/C19H23N5O2S/c1-3-23-17(26)14-8-4-5-9-15(14)24-18(23)20-21-19(24)27-12-16(25)22-10-6-7-13(2)11-22/h4-5,8-9,13H,3,6-7,10-12H2,1-2H3/t13-/m0/s1. The summed E-state index contributed by atoms with van der Waals surface area (Å²) in [5.74, 6) is 1.54. The second-order valence-electron chi connectivity index (χ2n) is 7.06. The van der Waals surface area contributed by atoms with Crippen molar-refractivity contribution in [3.8, 4) is 0 Å². The van der Waals surface area contributed by atoms with Crippen molar-refractivity contribution in [3.05, 3.63) is 34.6 Å². The van der Waals surface area contributed by atoms with E-state index in [-0.39, 0.29) is 11.5 Å². The van der Waals surface area contributed by atoms with E-state index in [9.17, 15) is 9.59 Å². The van der Waals surface area contributed by atoms with Gasteiger partial charge in [0, 0.05) is 19.6 Å². The summed E-state index contributed by atoms with van der Waals surface area (Å²) in [4.78, 5) is 27.3. The van der Waals surface area contributed by atoms with E-state index in [0.717, 1.165) is 25.0 Å². The first-order valence-electron chi connectivity index (χ1n) is 9.37. The van der Waals surface area contributed by atoms with Crippen LogP contribution in [0.1, 0.15) is 26.7 Å². The number of thioether (sulfide) groups is 1. The number of para-hydroxylation sites is 1. The number of rotatable bonds is 4. The Morgan fingerprint density at radius 2 is 2.11 bits per heavy atom. The van der Waals surface area contributed by atoms with Crippen LogP contribution in [0.5, 0.6) is 0 Å². The molecule has 1 atom stereocenters. The summed E-state index contributed by atoms with van der Waals surface area (Å²) in [5.41, 5.74) is 0.705. The molecule has 142 valence electrons. The van der Waals surface area contributed by atoms with Gasteiger partial charge in [0.25, 0.3) is 5.56 Å². The van der Waals surface area contributed by atoms with Gasteiger partial charge in [-0.15, -0.1) is 10.2 Å². The van der Waals surface area contributed by atoms with E-state index < -0.39 is 0 Å². The lowest BCUT2D eigenvalue weighted by molar-refractivity contribution is -0.130. The summed E-state index contributed by atoms with van der Waals surface area (Å²) in [7, 11) is 0. The van der Waals surface area contributed by atoms with Gasteiger partial charge >= 0.3 is 0 Å². The molecule has 0 aliphatic carbocycles. The molecule has 27 heavy (non-hydrogen) atoms. The monoisotopic (exact) mass is 385 g/mol. The van der Waals surface area contributed by atoms with Crippen LogP contribution >= 0.6 is 11.8 Å². The molecule has 1 aliphatic heterocycles. The van der Waals surface area contributed by atoms with Crippen molar-refractivity contribution in [2.45, 2.75) is 38.4 Å². The highest BCUT2D eigenvalue weighted by atomic mass is 32.2. The van der Waals surface area contributed by atoms with E-state index in [2.05, 4.69) is 17.1 Å². The largest absolute Gasteiger partial charge is 0.342 e. The summed E-state index contributed by atoms with van der Waals surface area (Å²) in [6, 6.07) is 7.46. The second kappa shape index (κ2) is 7.34. The molecule has 1 amide bonds. The van der Waals surface area contributed by atoms with Crippen molar-refractivity contribution in [2.24, 2.45) is 5.92 Å². The van der Waals surface area contributed by atoms with Crippen molar-refractivity contribution in [1.82, 2.24) is 24.1 Å². The summed E-state index contributed by atoms with van der Waals surface area (Å²) < 4.78 is 3.50. The zero-order valence-electron chi connectivity index (χ0n) is 15.6. The van der Waals surface area contributed by atoms with Crippen LogP contribution in [0.4, 0.5) is 0 Å². The fraction of sp³-hybridized carbons (Fsp3) is 0.474. The highest BCUT2D eigenvalue weighted by Crippen LogP contribution is 2.23. The number of amides is 1. The van der Waals surface area contributed by atoms with Crippen molar-refractivity contribution < 1.29 is 4.79 Å². The highest BCUT2D eigenvalue weighted by molar-refractivity contribution is 7.99. The number of nitrogens with zero attached hydrogens (tertiary/aromatic N) is 5. The minimum atomic E-state index is -0.0667. The topological polar surface area (TPSA) is 72.5 Å². The molecule has 3 aromatic rings. The molecule has 0 radical (unpaired) electrons. The molecular weight excluding hydrogens is 362 g/mol. The van der Waals surface area contributed by atoms with Gasteiger partial charge in [-0.3, -0.25) is 18.6 Å². The third kappa shape index (κ3) is 3.22. The van der Waals surface area contributed by atoms with Crippen molar-refractivity contribution in [3.63, 3.8) is 0 Å². The Labute approximate surface area is 161 Å². The molecule has 0 unspecified atom stereocenters. The highest BCUT2D eigenvalue weighted by Gasteiger charge is 2.22. The SMILES string of the molecule is CCn1c(=O)c2ccccc2n2c(SCC(=O)N3CCC[C@H](C)C3)nnc12. The van der Waals surface area contributed by atoms with Gasteiger partial charge in [-0.1, -0.05) is 30.8 Å². The number of aryl methyl sites for hydroxylation is 1. The molecule has 0 N–H and O–H groups in total. The predicted molar refractivity (Wildman–Crippen MR) is 106 cm³/mol. The first kappa shape index (κ1) is 18.0. The fourth-order valence-electron chi connectivity index (χ4n) is 3.75. The smallest absolute Gasteiger partial charge is 0.262 e. The van der Waals surface area contributed by atoms with Gasteiger partial charge in [-0.05, 0) is 37.8 Å². The van der Waals surface area contributed by atoms with Gasteiger partial charge in [0.05, 0.1) is 16.7 Å². The maximum atomic E-state index is 12.7. The van der Waals surface area contributed by atoms with Crippen LogP contribution in [0.15, 0.2) is 34.2 Å². The lowest BCUT2D eigenvalue weighted by atomic mass is 10.0. The number of likely N-dealkylation sites (tertiary alicyclic amines) is 1. The van der Waals surface area contributed by atoms with Gasteiger partial charge in [0.1, 0.15) is 0 Å². The molecular formula is C19H23N5O2S. The molecule has 3 heterocycles.